The van der Waals surface area contributed by atoms with E-state index in [1.54, 1.807) is 29.3 Å². The number of aromatic nitrogens is 2. The van der Waals surface area contributed by atoms with Gasteiger partial charge in [-0.2, -0.15) is 0 Å². The molecule has 2 amide bonds. The molecule has 1 aromatic heterocycles. The molecule has 5 aromatic rings. The number of fused-ring (bicyclic) bond motifs is 1. The number of hydrogen-bond acceptors (Lipinski definition) is 7. The summed E-state index contributed by atoms with van der Waals surface area (Å²) in [7, 11) is 0. The van der Waals surface area contributed by atoms with Crippen molar-refractivity contribution < 1.29 is 34.1 Å². The van der Waals surface area contributed by atoms with Crippen molar-refractivity contribution in [1.82, 2.24) is 19.8 Å². The van der Waals surface area contributed by atoms with E-state index in [0.717, 1.165) is 27.9 Å². The van der Waals surface area contributed by atoms with Crippen LogP contribution in [0.2, 0.25) is 0 Å². The third kappa shape index (κ3) is 7.29. The first kappa shape index (κ1) is 33.7. The quantitative estimate of drug-likeness (QED) is 0.175. The molecule has 1 aliphatic rings. The molecule has 0 radical (unpaired) electrons. The zero-order valence-corrected chi connectivity index (χ0v) is 27.7. The standard InChI is InChI=1S/C38H37N5O7/c1-3-50-29-9-6-8-27(20-29)43-23-33(39-35(43)25-13-11-24(2)12-14-25)37(47)42-17-15-41(16-18-42)28-19-26-7-4-5-10-30(26)31(21-28)36(46)40-32(38(48)49)22-34(44)45/h4-14,19-21,23,32H,3,15-18,22H2,1-2H3,(H,40,46)(H,44,45)(H,48,49). The first-order valence-electron chi connectivity index (χ1n) is 16.3. The summed E-state index contributed by atoms with van der Waals surface area (Å²) in [5.74, 6) is -2.30. The van der Waals surface area contributed by atoms with Crippen LogP contribution in [-0.2, 0) is 9.59 Å². The monoisotopic (exact) mass is 675 g/mol. The molecule has 1 fully saturated rings. The number of anilines is 1. The lowest BCUT2D eigenvalue weighted by atomic mass is 10.0. The molecule has 0 aliphatic carbocycles. The van der Waals surface area contributed by atoms with Crippen LogP contribution in [0.1, 0.15) is 39.8 Å². The van der Waals surface area contributed by atoms with E-state index >= 15 is 0 Å². The highest BCUT2D eigenvalue weighted by Gasteiger charge is 2.28. The molecule has 256 valence electrons. The number of carboxylic acid groups (broad SMARTS) is 2. The number of amides is 2. The molecule has 0 bridgehead atoms. The maximum Gasteiger partial charge on any atom is 0.326 e. The number of carbonyl (C=O) groups excluding carboxylic acids is 2. The summed E-state index contributed by atoms with van der Waals surface area (Å²) in [6.07, 6.45) is 1.01. The summed E-state index contributed by atoms with van der Waals surface area (Å²) in [5, 5.41) is 22.4. The van der Waals surface area contributed by atoms with Crippen LogP contribution in [0.25, 0.3) is 27.8 Å². The average Bonchev–Trinajstić information content (AvgIpc) is 3.56. The van der Waals surface area contributed by atoms with E-state index in [1.165, 1.54) is 0 Å². The van der Waals surface area contributed by atoms with Gasteiger partial charge in [-0.15, -0.1) is 0 Å². The van der Waals surface area contributed by atoms with Crippen LogP contribution in [0.3, 0.4) is 0 Å². The van der Waals surface area contributed by atoms with E-state index < -0.39 is 30.3 Å². The van der Waals surface area contributed by atoms with Crippen molar-refractivity contribution in [3.63, 3.8) is 0 Å². The molecule has 4 aromatic carbocycles. The first-order valence-corrected chi connectivity index (χ1v) is 16.3. The maximum atomic E-state index is 13.9. The van der Waals surface area contributed by atoms with E-state index in [4.69, 9.17) is 14.8 Å². The van der Waals surface area contributed by atoms with Gasteiger partial charge in [0.25, 0.3) is 11.8 Å². The van der Waals surface area contributed by atoms with Crippen molar-refractivity contribution in [3.8, 4) is 22.8 Å². The van der Waals surface area contributed by atoms with Gasteiger partial charge in [0.2, 0.25) is 0 Å². The fraction of sp³-hybridized carbons (Fsp3) is 0.237. The SMILES string of the molecule is CCOc1cccc(-n2cc(C(=O)N3CCN(c4cc(C(=O)NC(CC(=O)O)C(=O)O)c5ccccc5c4)CC3)nc2-c2ccc(C)cc2)c1. The predicted molar refractivity (Wildman–Crippen MR) is 188 cm³/mol. The first-order chi connectivity index (χ1) is 24.1. The van der Waals surface area contributed by atoms with Crippen molar-refractivity contribution in [2.45, 2.75) is 26.3 Å². The highest BCUT2D eigenvalue weighted by atomic mass is 16.5. The van der Waals surface area contributed by atoms with Crippen molar-refractivity contribution in [3.05, 3.63) is 108 Å². The minimum absolute atomic E-state index is 0.200. The number of carboxylic acids is 2. The van der Waals surface area contributed by atoms with E-state index in [0.29, 0.717) is 55.4 Å². The summed E-state index contributed by atoms with van der Waals surface area (Å²) in [6.45, 7) is 6.22. The van der Waals surface area contributed by atoms with Gasteiger partial charge in [-0.1, -0.05) is 60.2 Å². The molecule has 12 nitrogen and oxygen atoms in total. The largest absolute Gasteiger partial charge is 0.494 e. The molecule has 1 saturated heterocycles. The van der Waals surface area contributed by atoms with Crippen molar-refractivity contribution in [2.75, 3.05) is 37.7 Å². The lowest BCUT2D eigenvalue weighted by Crippen LogP contribution is -2.49. The van der Waals surface area contributed by atoms with Crippen LogP contribution < -0.4 is 15.0 Å². The number of carbonyl (C=O) groups is 4. The lowest BCUT2D eigenvalue weighted by Gasteiger charge is -2.36. The maximum absolute atomic E-state index is 13.9. The van der Waals surface area contributed by atoms with Gasteiger partial charge in [-0.05, 0) is 48.9 Å². The zero-order valence-electron chi connectivity index (χ0n) is 27.7. The lowest BCUT2D eigenvalue weighted by molar-refractivity contribution is -0.145. The van der Waals surface area contributed by atoms with Gasteiger partial charge in [0.1, 0.15) is 23.3 Å². The van der Waals surface area contributed by atoms with Crippen LogP contribution >= 0.6 is 0 Å². The van der Waals surface area contributed by atoms with E-state index in [9.17, 15) is 24.3 Å². The summed E-state index contributed by atoms with van der Waals surface area (Å²) in [6, 6.07) is 24.9. The molecule has 50 heavy (non-hydrogen) atoms. The Bertz CT molecular complexity index is 2070. The number of piperazine rings is 1. The molecular weight excluding hydrogens is 638 g/mol. The van der Waals surface area contributed by atoms with Gasteiger partial charge in [-0.3, -0.25) is 19.0 Å². The average molecular weight is 676 g/mol. The number of benzene rings is 4. The van der Waals surface area contributed by atoms with Crippen LogP contribution in [0, 0.1) is 6.92 Å². The molecule has 1 atom stereocenters. The smallest absolute Gasteiger partial charge is 0.326 e. The summed E-state index contributed by atoms with van der Waals surface area (Å²) >= 11 is 0. The Morgan fingerprint density at radius 3 is 2.32 bits per heavy atom. The van der Waals surface area contributed by atoms with Crippen LogP contribution in [0.4, 0.5) is 5.69 Å². The van der Waals surface area contributed by atoms with Gasteiger partial charge >= 0.3 is 11.9 Å². The van der Waals surface area contributed by atoms with Gasteiger partial charge < -0.3 is 30.1 Å². The normalized spacial score (nSPS) is 13.6. The second kappa shape index (κ2) is 14.5. The highest BCUT2D eigenvalue weighted by Crippen LogP contribution is 2.29. The molecule has 1 unspecified atom stereocenters. The third-order valence-electron chi connectivity index (χ3n) is 8.65. The van der Waals surface area contributed by atoms with Crippen molar-refractivity contribution in [1.29, 1.82) is 0 Å². The Kier molecular flexibility index (Phi) is 9.80. The molecular formula is C38H37N5O7. The summed E-state index contributed by atoms with van der Waals surface area (Å²) in [5.41, 5.74) is 4.07. The van der Waals surface area contributed by atoms with Crippen LogP contribution in [0.5, 0.6) is 5.75 Å². The van der Waals surface area contributed by atoms with Crippen molar-refractivity contribution >= 4 is 40.2 Å². The second-order valence-corrected chi connectivity index (χ2v) is 12.1. The number of ether oxygens (including phenoxy) is 1. The molecule has 3 N–H and O–H groups in total. The zero-order chi connectivity index (χ0) is 35.4. The van der Waals surface area contributed by atoms with Gasteiger partial charge in [0.15, 0.2) is 0 Å². The number of aliphatic carboxylic acids is 2. The molecule has 1 aliphatic heterocycles. The number of aryl methyl sites for hydroxylation is 1. The molecule has 12 heteroatoms. The van der Waals surface area contributed by atoms with E-state index in [1.807, 2.05) is 85.1 Å². The number of rotatable bonds is 11. The van der Waals surface area contributed by atoms with Crippen molar-refractivity contribution in [2.24, 2.45) is 0 Å². The molecule has 2 heterocycles. The number of hydrogen-bond donors (Lipinski definition) is 3. The van der Waals surface area contributed by atoms with Gasteiger partial charge in [0.05, 0.1) is 18.7 Å². The topological polar surface area (TPSA) is 154 Å². The van der Waals surface area contributed by atoms with Gasteiger partial charge in [0, 0.05) is 55.3 Å². The van der Waals surface area contributed by atoms with E-state index in [-0.39, 0.29) is 11.5 Å². The predicted octanol–water partition coefficient (Wildman–Crippen LogP) is 5.02. The summed E-state index contributed by atoms with van der Waals surface area (Å²) < 4.78 is 7.64. The van der Waals surface area contributed by atoms with E-state index in [2.05, 4.69) is 10.2 Å². The number of nitrogens with zero attached hydrogens (tertiary/aromatic N) is 4. The third-order valence-corrected chi connectivity index (χ3v) is 8.65. The second-order valence-electron chi connectivity index (χ2n) is 12.1. The molecule has 0 spiro atoms. The van der Waals surface area contributed by atoms with Crippen LogP contribution in [-0.4, -0.2) is 87.2 Å². The van der Waals surface area contributed by atoms with Crippen LogP contribution in [0.15, 0.2) is 91.1 Å². The Morgan fingerprint density at radius 1 is 0.880 bits per heavy atom. The minimum atomic E-state index is -1.58. The Morgan fingerprint density at radius 2 is 1.62 bits per heavy atom. The minimum Gasteiger partial charge on any atom is -0.494 e. The Balaban J connectivity index is 1.24. The number of nitrogens with one attached hydrogen (secondary N) is 1. The number of imidazole rings is 1. The summed E-state index contributed by atoms with van der Waals surface area (Å²) in [4.78, 5) is 58.8. The van der Waals surface area contributed by atoms with Gasteiger partial charge in [-0.25, -0.2) is 9.78 Å². The Labute approximate surface area is 288 Å². The Hall–Kier alpha value is -6.17. The molecule has 6 rings (SSSR count). The fourth-order valence-corrected chi connectivity index (χ4v) is 6.08. The highest BCUT2D eigenvalue weighted by molar-refractivity contribution is 6.09. The fourth-order valence-electron chi connectivity index (χ4n) is 6.08. The molecule has 0 saturated carbocycles.